The Morgan fingerprint density at radius 3 is 2.30 bits per heavy atom. The molecule has 0 aliphatic rings. The number of nitro groups is 1. The van der Waals surface area contributed by atoms with Crippen LogP contribution in [0.3, 0.4) is 0 Å². The molecule has 0 aromatic heterocycles. The number of esters is 1. The normalized spacial score (nSPS) is 11.5. The highest BCUT2D eigenvalue weighted by Gasteiger charge is 2.22. The summed E-state index contributed by atoms with van der Waals surface area (Å²) in [4.78, 5) is 34.2. The van der Waals surface area contributed by atoms with Crippen molar-refractivity contribution >= 4 is 17.6 Å². The van der Waals surface area contributed by atoms with Gasteiger partial charge < -0.3 is 10.1 Å². The van der Waals surface area contributed by atoms with E-state index >= 15 is 0 Å². The molecular weight excluding hydrogens is 362 g/mol. The van der Waals surface area contributed by atoms with Crippen molar-refractivity contribution < 1.29 is 28.0 Å². The summed E-state index contributed by atoms with van der Waals surface area (Å²) in [5.74, 6) is -3.38. The Morgan fingerprint density at radius 1 is 1.11 bits per heavy atom. The van der Waals surface area contributed by atoms with Gasteiger partial charge >= 0.3 is 5.97 Å². The van der Waals surface area contributed by atoms with Crippen LogP contribution < -0.4 is 5.32 Å². The van der Waals surface area contributed by atoms with Gasteiger partial charge in [-0.15, -0.1) is 0 Å². The Bertz CT molecular complexity index is 855. The number of nitrogens with zero attached hydrogens (tertiary/aromatic N) is 1. The first-order chi connectivity index (χ1) is 12.8. The third-order valence-electron chi connectivity index (χ3n) is 3.76. The van der Waals surface area contributed by atoms with E-state index < -0.39 is 34.5 Å². The van der Waals surface area contributed by atoms with Gasteiger partial charge in [0.05, 0.1) is 18.5 Å². The highest BCUT2D eigenvalue weighted by molar-refractivity contribution is 5.85. The molecule has 0 aliphatic heterocycles. The highest BCUT2D eigenvalue weighted by atomic mass is 19.2. The van der Waals surface area contributed by atoms with E-state index in [4.69, 9.17) is 0 Å². The van der Waals surface area contributed by atoms with Crippen LogP contribution in [0.5, 0.6) is 0 Å². The molecule has 2 aromatic carbocycles. The van der Waals surface area contributed by atoms with Crippen LogP contribution in [0.4, 0.5) is 14.5 Å². The Kier molecular flexibility index (Phi) is 6.53. The van der Waals surface area contributed by atoms with E-state index in [0.717, 1.165) is 19.2 Å². The zero-order valence-electron chi connectivity index (χ0n) is 14.3. The van der Waals surface area contributed by atoms with Crippen molar-refractivity contribution in [2.45, 2.75) is 18.9 Å². The van der Waals surface area contributed by atoms with Gasteiger partial charge in [-0.1, -0.05) is 18.2 Å². The summed E-state index contributed by atoms with van der Waals surface area (Å²) in [6, 6.07) is 7.55. The van der Waals surface area contributed by atoms with Crippen molar-refractivity contribution in [2.24, 2.45) is 0 Å². The maximum atomic E-state index is 13.2. The molecule has 1 N–H and O–H groups in total. The number of hydrogen-bond donors (Lipinski definition) is 1. The fourth-order valence-corrected chi connectivity index (χ4v) is 2.41. The summed E-state index contributed by atoms with van der Waals surface area (Å²) in [5, 5.41) is 13.1. The molecule has 0 saturated carbocycles. The molecule has 0 radical (unpaired) electrons. The van der Waals surface area contributed by atoms with Crippen molar-refractivity contribution in [2.75, 3.05) is 7.11 Å². The van der Waals surface area contributed by atoms with Crippen LogP contribution in [-0.4, -0.2) is 30.0 Å². The van der Waals surface area contributed by atoms with Gasteiger partial charge in [0.25, 0.3) is 5.69 Å². The Morgan fingerprint density at radius 2 is 1.74 bits per heavy atom. The van der Waals surface area contributed by atoms with Crippen LogP contribution in [0.15, 0.2) is 42.5 Å². The van der Waals surface area contributed by atoms with Crippen LogP contribution in [0.1, 0.15) is 11.1 Å². The largest absolute Gasteiger partial charge is 0.467 e. The van der Waals surface area contributed by atoms with Gasteiger partial charge in [0.1, 0.15) is 6.04 Å². The number of ether oxygens (including phenoxy) is 1. The highest BCUT2D eigenvalue weighted by Crippen LogP contribution is 2.14. The second kappa shape index (κ2) is 8.84. The van der Waals surface area contributed by atoms with Crippen molar-refractivity contribution in [3.8, 4) is 0 Å². The number of carbonyl (C=O) groups is 2. The molecule has 0 heterocycles. The van der Waals surface area contributed by atoms with Crippen molar-refractivity contribution in [1.82, 2.24) is 5.32 Å². The smallest absolute Gasteiger partial charge is 0.328 e. The molecule has 0 unspecified atom stereocenters. The summed E-state index contributed by atoms with van der Waals surface area (Å²) in [7, 11) is 1.16. The standard InChI is InChI=1S/C18H16F2N2O5/c1-27-18(24)16(9-11-2-5-13(6-3-11)22(25)26)21-17(23)10-12-4-7-14(19)15(20)8-12/h2-8,16H,9-10H2,1H3,(H,21,23)/t16-/m0/s1. The molecule has 2 rings (SSSR count). The fraction of sp³-hybridized carbons (Fsp3) is 0.222. The van der Waals surface area contributed by atoms with E-state index in [1.165, 1.54) is 30.3 Å². The van der Waals surface area contributed by atoms with E-state index in [1.807, 2.05) is 0 Å². The molecule has 0 fully saturated rings. The zero-order chi connectivity index (χ0) is 20.0. The average Bonchev–Trinajstić information content (AvgIpc) is 2.64. The maximum Gasteiger partial charge on any atom is 0.328 e. The first-order valence-electron chi connectivity index (χ1n) is 7.84. The van der Waals surface area contributed by atoms with E-state index in [2.05, 4.69) is 10.1 Å². The molecule has 0 aliphatic carbocycles. The van der Waals surface area contributed by atoms with E-state index in [0.29, 0.717) is 5.56 Å². The summed E-state index contributed by atoms with van der Waals surface area (Å²) < 4.78 is 30.8. The second-order valence-corrected chi connectivity index (χ2v) is 5.70. The number of hydrogen-bond acceptors (Lipinski definition) is 5. The van der Waals surface area contributed by atoms with Crippen LogP contribution in [0, 0.1) is 21.7 Å². The van der Waals surface area contributed by atoms with Crippen molar-refractivity contribution in [1.29, 1.82) is 0 Å². The molecule has 142 valence electrons. The molecular formula is C18H16F2N2O5. The van der Waals surface area contributed by atoms with Gasteiger partial charge in [0.15, 0.2) is 11.6 Å². The topological polar surface area (TPSA) is 98.5 Å². The number of halogens is 2. The third-order valence-corrected chi connectivity index (χ3v) is 3.76. The minimum atomic E-state index is -1.07. The summed E-state index contributed by atoms with van der Waals surface area (Å²) in [5.41, 5.74) is 0.713. The monoisotopic (exact) mass is 378 g/mol. The maximum absolute atomic E-state index is 13.2. The first-order valence-corrected chi connectivity index (χ1v) is 7.84. The summed E-state index contributed by atoms with van der Waals surface area (Å²) in [6.07, 6.45) is -0.209. The Hall–Kier alpha value is -3.36. The van der Waals surface area contributed by atoms with E-state index in [9.17, 15) is 28.5 Å². The number of methoxy groups -OCH3 is 1. The van der Waals surface area contributed by atoms with Gasteiger partial charge in [0.2, 0.25) is 5.91 Å². The predicted octanol–water partition coefficient (Wildman–Crippen LogP) is 2.32. The first kappa shape index (κ1) is 20.0. The third kappa shape index (κ3) is 5.56. The molecule has 9 heteroatoms. The van der Waals surface area contributed by atoms with Crippen molar-refractivity contribution in [3.63, 3.8) is 0 Å². The van der Waals surface area contributed by atoms with Gasteiger partial charge in [-0.25, -0.2) is 13.6 Å². The minimum absolute atomic E-state index is 0.0498. The number of non-ortho nitro benzene ring substituents is 1. The van der Waals surface area contributed by atoms with Gasteiger partial charge in [-0.05, 0) is 23.3 Å². The average molecular weight is 378 g/mol. The van der Waals surface area contributed by atoms with Crippen molar-refractivity contribution in [3.05, 3.63) is 75.3 Å². The van der Waals surface area contributed by atoms with Gasteiger partial charge in [-0.2, -0.15) is 0 Å². The quantitative estimate of drug-likeness (QED) is 0.453. The minimum Gasteiger partial charge on any atom is -0.467 e. The lowest BCUT2D eigenvalue weighted by molar-refractivity contribution is -0.384. The number of rotatable bonds is 7. The van der Waals surface area contributed by atoms with E-state index in [1.54, 1.807) is 0 Å². The SMILES string of the molecule is COC(=O)[C@H](Cc1ccc([N+](=O)[O-])cc1)NC(=O)Cc1ccc(F)c(F)c1. The lowest BCUT2D eigenvalue weighted by atomic mass is 10.0. The molecule has 0 bridgehead atoms. The van der Waals surface area contributed by atoms with Crippen LogP contribution >= 0.6 is 0 Å². The van der Waals surface area contributed by atoms with E-state index in [-0.39, 0.29) is 24.1 Å². The number of nitro benzene ring substituents is 1. The molecule has 7 nitrogen and oxygen atoms in total. The molecule has 1 amide bonds. The lowest BCUT2D eigenvalue weighted by Gasteiger charge is -2.16. The molecule has 0 saturated heterocycles. The second-order valence-electron chi connectivity index (χ2n) is 5.70. The van der Waals surface area contributed by atoms with Gasteiger partial charge in [0, 0.05) is 18.6 Å². The predicted molar refractivity (Wildman–Crippen MR) is 90.8 cm³/mol. The van der Waals surface area contributed by atoms with Crippen LogP contribution in [-0.2, 0) is 27.2 Å². The lowest BCUT2D eigenvalue weighted by Crippen LogP contribution is -2.43. The number of nitrogens with one attached hydrogen (secondary N) is 1. The summed E-state index contributed by atoms with van der Waals surface area (Å²) >= 11 is 0. The Labute approximate surface area is 153 Å². The number of benzene rings is 2. The van der Waals surface area contributed by atoms with Crippen LogP contribution in [0.25, 0.3) is 0 Å². The molecule has 1 atom stereocenters. The Balaban J connectivity index is 2.06. The molecule has 2 aromatic rings. The van der Waals surface area contributed by atoms with Gasteiger partial charge in [-0.3, -0.25) is 14.9 Å². The fourth-order valence-electron chi connectivity index (χ4n) is 2.41. The number of amides is 1. The molecule has 27 heavy (non-hydrogen) atoms. The number of carbonyl (C=O) groups excluding carboxylic acids is 2. The summed E-state index contributed by atoms with van der Waals surface area (Å²) in [6.45, 7) is 0. The zero-order valence-corrected chi connectivity index (χ0v) is 14.3. The molecule has 0 spiro atoms. The van der Waals surface area contributed by atoms with Crippen LogP contribution in [0.2, 0.25) is 0 Å².